The number of hydrogen-bond acceptors (Lipinski definition) is 2. The topological polar surface area (TPSA) is 74.6 Å². The van der Waals surface area contributed by atoms with Crippen LogP contribution in [-0.4, -0.2) is 22.2 Å². The molecule has 2 N–H and O–H groups in total. The molecule has 0 fully saturated rings. The normalized spacial score (nSPS) is 22.6. The van der Waals surface area contributed by atoms with Gasteiger partial charge in [-0.2, -0.15) is 0 Å². The van der Waals surface area contributed by atoms with Gasteiger partial charge in [0.25, 0.3) is 0 Å². The van der Waals surface area contributed by atoms with Gasteiger partial charge in [-0.05, 0) is 65.6 Å². The highest BCUT2D eigenvalue weighted by Gasteiger charge is 2.50. The molecule has 30 heavy (non-hydrogen) atoms. The van der Waals surface area contributed by atoms with Gasteiger partial charge < -0.3 is 10.2 Å². The Morgan fingerprint density at radius 3 is 1.97 bits per heavy atom. The van der Waals surface area contributed by atoms with Crippen LogP contribution in [0.5, 0.6) is 0 Å². The molecule has 1 aliphatic rings. The van der Waals surface area contributed by atoms with Gasteiger partial charge in [0, 0.05) is 5.41 Å². The third-order valence-electron chi connectivity index (χ3n) is 6.85. The Hall–Kier alpha value is -2.62. The Balaban J connectivity index is 2.22. The summed E-state index contributed by atoms with van der Waals surface area (Å²) in [6, 6.07) is 12.8. The van der Waals surface area contributed by atoms with Crippen molar-refractivity contribution in [3.8, 4) is 0 Å². The lowest BCUT2D eigenvalue weighted by molar-refractivity contribution is 0.0686. The van der Waals surface area contributed by atoms with Crippen LogP contribution in [0, 0.1) is 0 Å². The predicted molar refractivity (Wildman–Crippen MR) is 119 cm³/mol. The lowest BCUT2D eigenvalue weighted by Gasteiger charge is -2.34. The van der Waals surface area contributed by atoms with E-state index in [1.54, 1.807) is 18.2 Å². The van der Waals surface area contributed by atoms with Crippen molar-refractivity contribution in [1.29, 1.82) is 0 Å². The number of carbonyl (C=O) groups is 2. The lowest BCUT2D eigenvalue weighted by atomic mass is 9.69. The van der Waals surface area contributed by atoms with Gasteiger partial charge in [-0.3, -0.25) is 0 Å². The number of hydrogen-bond donors (Lipinski definition) is 2. The fourth-order valence-corrected chi connectivity index (χ4v) is 5.28. The second-order valence-electron chi connectivity index (χ2n) is 8.97. The van der Waals surface area contributed by atoms with Crippen LogP contribution in [0.4, 0.5) is 0 Å². The van der Waals surface area contributed by atoms with Gasteiger partial charge in [0.05, 0.1) is 11.1 Å². The highest BCUT2D eigenvalue weighted by Crippen LogP contribution is 2.57. The van der Waals surface area contributed by atoms with Crippen molar-refractivity contribution in [3.63, 3.8) is 0 Å². The van der Waals surface area contributed by atoms with Gasteiger partial charge in [-0.1, -0.05) is 64.7 Å². The van der Waals surface area contributed by atoms with E-state index in [9.17, 15) is 19.8 Å². The Labute approximate surface area is 179 Å². The molecule has 0 aliphatic heterocycles. The van der Waals surface area contributed by atoms with Gasteiger partial charge >= 0.3 is 11.9 Å². The minimum absolute atomic E-state index is 0.0262. The van der Waals surface area contributed by atoms with Crippen LogP contribution in [0.25, 0.3) is 0 Å². The van der Waals surface area contributed by atoms with Crippen molar-refractivity contribution in [2.75, 3.05) is 0 Å². The highest BCUT2D eigenvalue weighted by molar-refractivity contribution is 5.89. The molecular weight excluding hydrogens is 376 g/mol. The number of benzene rings is 2. The van der Waals surface area contributed by atoms with E-state index in [0.717, 1.165) is 56.1 Å². The Kier molecular flexibility index (Phi) is 6.35. The first-order chi connectivity index (χ1) is 14.3. The lowest BCUT2D eigenvalue weighted by Crippen LogP contribution is -2.29. The molecule has 4 nitrogen and oxygen atoms in total. The van der Waals surface area contributed by atoms with Crippen molar-refractivity contribution in [2.24, 2.45) is 0 Å². The van der Waals surface area contributed by atoms with E-state index in [0.29, 0.717) is 5.56 Å². The molecule has 4 heteroatoms. The monoisotopic (exact) mass is 408 g/mol. The average Bonchev–Trinajstić information content (AvgIpc) is 3.00. The van der Waals surface area contributed by atoms with E-state index in [1.165, 1.54) is 5.56 Å². The average molecular weight is 409 g/mol. The molecule has 0 saturated carbocycles. The van der Waals surface area contributed by atoms with E-state index in [1.807, 2.05) is 24.3 Å². The molecule has 0 radical (unpaired) electrons. The largest absolute Gasteiger partial charge is 0.478 e. The first kappa shape index (κ1) is 22.1. The molecule has 2 atom stereocenters. The predicted octanol–water partition coefficient (Wildman–Crippen LogP) is 6.41. The van der Waals surface area contributed by atoms with E-state index in [-0.39, 0.29) is 16.4 Å². The molecule has 2 unspecified atom stereocenters. The van der Waals surface area contributed by atoms with Crippen molar-refractivity contribution in [3.05, 3.63) is 70.3 Å². The zero-order valence-electron chi connectivity index (χ0n) is 18.2. The van der Waals surface area contributed by atoms with E-state index in [2.05, 4.69) is 20.8 Å². The number of rotatable bonds is 9. The molecule has 1 aliphatic carbocycles. The van der Waals surface area contributed by atoms with Crippen LogP contribution in [0.15, 0.2) is 42.5 Å². The molecule has 2 aromatic rings. The van der Waals surface area contributed by atoms with Crippen molar-refractivity contribution >= 4 is 11.9 Å². The van der Waals surface area contributed by atoms with Crippen LogP contribution >= 0.6 is 0 Å². The quantitative estimate of drug-likeness (QED) is 0.503. The number of unbranched alkanes of at least 4 members (excludes halogenated alkanes) is 2. The van der Waals surface area contributed by atoms with Crippen LogP contribution in [0.1, 0.15) is 103 Å². The first-order valence-electron chi connectivity index (χ1n) is 11.0. The summed E-state index contributed by atoms with van der Waals surface area (Å²) in [6.45, 7) is 6.67. The van der Waals surface area contributed by atoms with Gasteiger partial charge in [0.2, 0.25) is 0 Å². The molecule has 0 spiro atoms. The number of fused-ring (bicyclic) bond motifs is 1. The second kappa shape index (κ2) is 8.63. The molecule has 0 amide bonds. The Morgan fingerprint density at radius 1 is 0.833 bits per heavy atom. The summed E-state index contributed by atoms with van der Waals surface area (Å²) >= 11 is 0. The molecule has 160 valence electrons. The SMILES string of the molecule is CCCCC1(C)CC(CCCC)(c2ccc(C(=O)O)cc2)c2cc(C(=O)O)ccc21. The Bertz CT molecular complexity index is 931. The third-order valence-corrected chi connectivity index (χ3v) is 6.85. The zero-order valence-corrected chi connectivity index (χ0v) is 18.2. The van der Waals surface area contributed by atoms with Crippen molar-refractivity contribution in [2.45, 2.75) is 76.5 Å². The number of carboxylic acids is 2. The minimum Gasteiger partial charge on any atom is -0.478 e. The van der Waals surface area contributed by atoms with E-state index in [4.69, 9.17) is 0 Å². The van der Waals surface area contributed by atoms with Gasteiger partial charge in [-0.25, -0.2) is 9.59 Å². The second-order valence-corrected chi connectivity index (χ2v) is 8.97. The first-order valence-corrected chi connectivity index (χ1v) is 11.0. The smallest absolute Gasteiger partial charge is 0.335 e. The maximum atomic E-state index is 11.8. The van der Waals surface area contributed by atoms with Gasteiger partial charge in [0.1, 0.15) is 0 Å². The molecule has 2 aromatic carbocycles. The van der Waals surface area contributed by atoms with Crippen LogP contribution in [-0.2, 0) is 10.8 Å². The van der Waals surface area contributed by atoms with E-state index < -0.39 is 11.9 Å². The van der Waals surface area contributed by atoms with Crippen LogP contribution in [0.3, 0.4) is 0 Å². The molecule has 0 aromatic heterocycles. The summed E-state index contributed by atoms with van der Waals surface area (Å²) in [4.78, 5) is 23.1. The minimum atomic E-state index is -0.933. The van der Waals surface area contributed by atoms with Crippen molar-refractivity contribution < 1.29 is 19.8 Å². The molecule has 0 bridgehead atoms. The van der Waals surface area contributed by atoms with Gasteiger partial charge in [-0.15, -0.1) is 0 Å². The molecule has 3 rings (SSSR count). The van der Waals surface area contributed by atoms with Crippen LogP contribution in [0.2, 0.25) is 0 Å². The van der Waals surface area contributed by atoms with Gasteiger partial charge in [0.15, 0.2) is 0 Å². The molecule has 0 heterocycles. The summed E-state index contributed by atoms with van der Waals surface area (Å²) in [5, 5.41) is 19.0. The fourth-order valence-electron chi connectivity index (χ4n) is 5.28. The highest BCUT2D eigenvalue weighted by atomic mass is 16.4. The standard InChI is InChI=1S/C26H32O4/c1-4-6-14-25(3)17-26(15-7-5-2,20-11-8-18(9-12-20)23(27)28)22-16-19(24(29)30)10-13-21(22)25/h8-13,16H,4-7,14-15,17H2,1-3H3,(H,27,28)(H,29,30). The van der Waals surface area contributed by atoms with Crippen molar-refractivity contribution in [1.82, 2.24) is 0 Å². The zero-order chi connectivity index (χ0) is 21.9. The molecule has 0 saturated heterocycles. The van der Waals surface area contributed by atoms with Crippen LogP contribution < -0.4 is 0 Å². The molecular formula is C26H32O4. The summed E-state index contributed by atoms with van der Waals surface area (Å²) in [6.07, 6.45) is 7.23. The fraction of sp³-hybridized carbons (Fsp3) is 0.462. The summed E-state index contributed by atoms with van der Waals surface area (Å²) < 4.78 is 0. The number of aromatic carboxylic acids is 2. The number of carboxylic acid groups (broad SMARTS) is 2. The maximum absolute atomic E-state index is 11.8. The summed E-state index contributed by atoms with van der Waals surface area (Å²) in [7, 11) is 0. The summed E-state index contributed by atoms with van der Waals surface area (Å²) in [5.74, 6) is -1.84. The Morgan fingerprint density at radius 2 is 1.40 bits per heavy atom. The maximum Gasteiger partial charge on any atom is 0.335 e. The van der Waals surface area contributed by atoms with E-state index >= 15 is 0 Å². The summed E-state index contributed by atoms with van der Waals surface area (Å²) in [5.41, 5.74) is 3.71. The third kappa shape index (κ3) is 3.88.